The molecule has 0 amide bonds. The number of ether oxygens (including phenoxy) is 6. The lowest BCUT2D eigenvalue weighted by molar-refractivity contribution is -0.165. The SMILES string of the molecule is CCCC[C@H](CC(O)C(C)(C)OCOC)[C@H](C)[C@H]1CC[C@H]2C3=CC=C4C[C@@H](OC(=O)OC)C[C@H](OC(=O)OC)[C@]4(C)[C@H]3CC[C@]12C. The highest BCUT2D eigenvalue weighted by molar-refractivity contribution is 5.61. The molecule has 262 valence electrons. The summed E-state index contributed by atoms with van der Waals surface area (Å²) in [5, 5.41) is 11.4. The van der Waals surface area contributed by atoms with Gasteiger partial charge in [0.1, 0.15) is 19.0 Å². The Labute approximate surface area is 276 Å². The number of methoxy groups -OCH3 is 3. The minimum Gasteiger partial charge on any atom is -0.438 e. The summed E-state index contributed by atoms with van der Waals surface area (Å²) in [5.74, 6) is 2.06. The third kappa shape index (κ3) is 7.17. The molecule has 9 nitrogen and oxygen atoms in total. The van der Waals surface area contributed by atoms with Gasteiger partial charge in [0.25, 0.3) is 0 Å². The van der Waals surface area contributed by atoms with Gasteiger partial charge in [-0.25, -0.2) is 9.59 Å². The van der Waals surface area contributed by atoms with E-state index in [4.69, 9.17) is 28.4 Å². The summed E-state index contributed by atoms with van der Waals surface area (Å²) in [6.07, 6.45) is 11.1. The Morgan fingerprint density at radius 1 is 1.02 bits per heavy atom. The molecule has 0 aromatic rings. The minimum atomic E-state index is -0.728. The van der Waals surface area contributed by atoms with Crippen molar-refractivity contribution in [3.63, 3.8) is 0 Å². The van der Waals surface area contributed by atoms with E-state index in [1.165, 1.54) is 26.2 Å². The molecule has 1 N–H and O–H groups in total. The molecule has 0 radical (unpaired) electrons. The van der Waals surface area contributed by atoms with E-state index in [0.29, 0.717) is 42.9 Å². The second-order valence-corrected chi connectivity index (χ2v) is 15.3. The lowest BCUT2D eigenvalue weighted by Crippen LogP contribution is -2.54. The Bertz CT molecular complexity index is 1130. The Kier molecular flexibility index (Phi) is 12.0. The second-order valence-electron chi connectivity index (χ2n) is 15.3. The van der Waals surface area contributed by atoms with Gasteiger partial charge >= 0.3 is 12.3 Å². The van der Waals surface area contributed by atoms with Crippen LogP contribution in [0.4, 0.5) is 9.59 Å². The van der Waals surface area contributed by atoms with E-state index in [2.05, 4.69) is 39.8 Å². The molecule has 4 aliphatic rings. The smallest absolute Gasteiger partial charge is 0.438 e. The number of hydrogen-bond acceptors (Lipinski definition) is 9. The largest absolute Gasteiger partial charge is 0.508 e. The summed E-state index contributed by atoms with van der Waals surface area (Å²) < 4.78 is 32.3. The molecule has 0 aromatic carbocycles. The summed E-state index contributed by atoms with van der Waals surface area (Å²) in [4.78, 5) is 24.5. The Hall–Kier alpha value is -2.10. The zero-order valence-corrected chi connectivity index (χ0v) is 29.8. The molecule has 0 aliphatic heterocycles. The fourth-order valence-electron chi connectivity index (χ4n) is 9.79. The van der Waals surface area contributed by atoms with Crippen molar-refractivity contribution in [2.24, 2.45) is 40.4 Å². The van der Waals surface area contributed by atoms with E-state index in [-0.39, 0.29) is 18.1 Å². The highest BCUT2D eigenvalue weighted by atomic mass is 16.7. The highest BCUT2D eigenvalue weighted by Crippen LogP contribution is 2.67. The monoisotopic (exact) mass is 648 g/mol. The van der Waals surface area contributed by atoms with Crippen molar-refractivity contribution in [2.75, 3.05) is 28.1 Å². The fraction of sp³-hybridized carbons (Fsp3) is 0.838. The lowest BCUT2D eigenvalue weighted by Gasteiger charge is -2.57. The van der Waals surface area contributed by atoms with Crippen LogP contribution in [0, 0.1) is 40.4 Å². The molecular weight excluding hydrogens is 588 g/mol. The van der Waals surface area contributed by atoms with E-state index in [1.807, 2.05) is 13.8 Å². The molecule has 0 bridgehead atoms. The minimum absolute atomic E-state index is 0.144. The molecule has 46 heavy (non-hydrogen) atoms. The van der Waals surface area contributed by atoms with Crippen molar-refractivity contribution in [1.29, 1.82) is 0 Å². The van der Waals surface area contributed by atoms with Gasteiger partial charge in [-0.15, -0.1) is 0 Å². The van der Waals surface area contributed by atoms with Crippen molar-refractivity contribution in [1.82, 2.24) is 0 Å². The first-order valence-corrected chi connectivity index (χ1v) is 17.5. The van der Waals surface area contributed by atoms with Crippen LogP contribution in [-0.4, -0.2) is 69.5 Å². The van der Waals surface area contributed by atoms with Gasteiger partial charge in [0.15, 0.2) is 0 Å². The van der Waals surface area contributed by atoms with Crippen LogP contribution in [0.15, 0.2) is 23.3 Å². The van der Waals surface area contributed by atoms with Crippen LogP contribution in [0.1, 0.15) is 106 Å². The number of allylic oxidation sites excluding steroid dienone is 3. The van der Waals surface area contributed by atoms with Gasteiger partial charge in [0, 0.05) is 25.4 Å². The highest BCUT2D eigenvalue weighted by Gasteiger charge is 2.60. The van der Waals surface area contributed by atoms with E-state index in [9.17, 15) is 14.7 Å². The molecule has 4 rings (SSSR count). The number of carbonyl (C=O) groups is 2. The predicted octanol–water partition coefficient (Wildman–Crippen LogP) is 7.99. The molecular formula is C37H60O9. The summed E-state index contributed by atoms with van der Waals surface area (Å²) in [5.41, 5.74) is 1.66. The van der Waals surface area contributed by atoms with Crippen molar-refractivity contribution < 1.29 is 43.1 Å². The van der Waals surface area contributed by atoms with Crippen LogP contribution >= 0.6 is 0 Å². The summed E-state index contributed by atoms with van der Waals surface area (Å²) in [6.45, 7) is 13.5. The molecule has 10 atom stereocenters. The predicted molar refractivity (Wildman–Crippen MR) is 175 cm³/mol. The summed E-state index contributed by atoms with van der Waals surface area (Å²) >= 11 is 0. The van der Waals surface area contributed by atoms with Crippen LogP contribution in [0.25, 0.3) is 0 Å². The molecule has 0 aromatic heterocycles. The molecule has 3 saturated carbocycles. The van der Waals surface area contributed by atoms with Crippen molar-refractivity contribution >= 4 is 12.3 Å². The molecule has 9 heteroatoms. The van der Waals surface area contributed by atoms with Gasteiger partial charge in [0.05, 0.1) is 25.9 Å². The lowest BCUT2D eigenvalue weighted by atomic mass is 9.49. The number of rotatable bonds is 13. The van der Waals surface area contributed by atoms with Gasteiger partial charge in [-0.1, -0.05) is 70.3 Å². The topological polar surface area (TPSA) is 110 Å². The average molecular weight is 649 g/mol. The third-order valence-electron chi connectivity index (χ3n) is 12.7. The van der Waals surface area contributed by atoms with E-state index < -0.39 is 41.6 Å². The van der Waals surface area contributed by atoms with Crippen molar-refractivity contribution in [2.45, 2.75) is 130 Å². The van der Waals surface area contributed by atoms with Crippen molar-refractivity contribution in [3.05, 3.63) is 23.3 Å². The Morgan fingerprint density at radius 2 is 1.72 bits per heavy atom. The summed E-state index contributed by atoms with van der Waals surface area (Å²) in [7, 11) is 4.23. The van der Waals surface area contributed by atoms with Crippen LogP contribution in [-0.2, 0) is 28.4 Å². The van der Waals surface area contributed by atoms with Crippen LogP contribution < -0.4 is 0 Å². The van der Waals surface area contributed by atoms with Crippen LogP contribution in [0.5, 0.6) is 0 Å². The first-order chi connectivity index (χ1) is 21.8. The van der Waals surface area contributed by atoms with Crippen LogP contribution in [0.3, 0.4) is 0 Å². The molecule has 3 fully saturated rings. The van der Waals surface area contributed by atoms with Gasteiger partial charge in [-0.2, -0.15) is 0 Å². The van der Waals surface area contributed by atoms with E-state index in [0.717, 1.165) is 44.1 Å². The maximum Gasteiger partial charge on any atom is 0.508 e. The maximum absolute atomic E-state index is 12.5. The summed E-state index contributed by atoms with van der Waals surface area (Å²) in [6, 6.07) is 0. The maximum atomic E-state index is 12.5. The molecule has 1 unspecified atom stereocenters. The zero-order valence-electron chi connectivity index (χ0n) is 29.8. The van der Waals surface area contributed by atoms with Gasteiger partial charge in [-0.05, 0) is 81.0 Å². The number of aliphatic hydroxyl groups is 1. The van der Waals surface area contributed by atoms with E-state index in [1.54, 1.807) is 7.11 Å². The first kappa shape index (κ1) is 36.7. The molecule has 0 saturated heterocycles. The number of aliphatic hydroxyl groups excluding tert-OH is 1. The second kappa shape index (κ2) is 15.0. The normalized spacial score (nSPS) is 34.1. The number of unbranched alkanes of at least 4 members (excludes halogenated alkanes) is 1. The molecule has 4 aliphatic carbocycles. The standard InChI is InChI=1S/C37H60O9/c1-10-11-12-24(19-31(38)35(3,4)44-22-41-7)23(2)28-15-16-29-27-14-13-25-20-26(45-33(39)42-8)21-32(46-34(40)43-9)37(25,6)30(27)17-18-36(28,29)5/h13-14,23-24,26,28-32,38H,10-12,15-22H2,1-9H3/t23-,24+,26+,28+,29-,30-,31?,32-,36+,37-/m0/s1. The number of fused-ring (bicyclic) bond motifs is 5. The van der Waals surface area contributed by atoms with Gasteiger partial charge in [-0.3, -0.25) is 0 Å². The van der Waals surface area contributed by atoms with Crippen LogP contribution in [0.2, 0.25) is 0 Å². The molecule has 0 spiro atoms. The van der Waals surface area contributed by atoms with Gasteiger partial charge < -0.3 is 33.5 Å². The van der Waals surface area contributed by atoms with E-state index >= 15 is 0 Å². The van der Waals surface area contributed by atoms with Gasteiger partial charge in [0.2, 0.25) is 0 Å². The Balaban J connectivity index is 1.59. The average Bonchev–Trinajstić information content (AvgIpc) is 3.39. The zero-order chi connectivity index (χ0) is 33.9. The first-order valence-electron chi connectivity index (χ1n) is 17.5. The molecule has 0 heterocycles. The van der Waals surface area contributed by atoms with Crippen molar-refractivity contribution in [3.8, 4) is 0 Å². The number of hydrogen-bond donors (Lipinski definition) is 1. The Morgan fingerprint density at radius 3 is 2.37 bits per heavy atom. The third-order valence-corrected chi connectivity index (χ3v) is 12.7. The fourth-order valence-corrected chi connectivity index (χ4v) is 9.79. The quantitative estimate of drug-likeness (QED) is 0.157. The number of carbonyl (C=O) groups excluding carboxylic acids is 2.